The van der Waals surface area contributed by atoms with Crippen LogP contribution in [0.5, 0.6) is 0 Å². The fourth-order valence-electron chi connectivity index (χ4n) is 0.969. The second-order valence-corrected chi connectivity index (χ2v) is 3.34. The third kappa shape index (κ3) is 2.52. The maximum atomic E-state index is 12.7. The van der Waals surface area contributed by atoms with E-state index in [1.54, 1.807) is 13.0 Å². The lowest BCUT2D eigenvalue weighted by atomic mass is 10.1. The summed E-state index contributed by atoms with van der Waals surface area (Å²) in [7, 11) is 1.47. The summed E-state index contributed by atoms with van der Waals surface area (Å²) >= 11 is 3.24. The van der Waals surface area contributed by atoms with Gasteiger partial charge in [0.25, 0.3) is 0 Å². The molecule has 0 aliphatic heterocycles. The van der Waals surface area contributed by atoms with Gasteiger partial charge in [-0.15, -0.1) is 0 Å². The van der Waals surface area contributed by atoms with E-state index in [4.69, 9.17) is 0 Å². The Morgan fingerprint density at radius 3 is 2.77 bits per heavy atom. The summed E-state index contributed by atoms with van der Waals surface area (Å²) < 4.78 is 13.4. The van der Waals surface area contributed by atoms with Crippen LogP contribution in [0.15, 0.2) is 27.8 Å². The summed E-state index contributed by atoms with van der Waals surface area (Å²) in [5.74, 6) is -0.277. The van der Waals surface area contributed by atoms with Crippen molar-refractivity contribution in [1.82, 2.24) is 0 Å². The molecule has 13 heavy (non-hydrogen) atoms. The van der Waals surface area contributed by atoms with E-state index < -0.39 is 0 Å². The molecule has 0 radical (unpaired) electrons. The quantitative estimate of drug-likeness (QED) is 0.580. The van der Waals surface area contributed by atoms with E-state index in [1.807, 2.05) is 0 Å². The Hall–Kier alpha value is -0.900. The van der Waals surface area contributed by atoms with E-state index in [0.29, 0.717) is 10.2 Å². The van der Waals surface area contributed by atoms with E-state index in [0.717, 1.165) is 5.56 Å². The minimum absolute atomic E-state index is 0.277. The zero-order valence-corrected chi connectivity index (χ0v) is 8.93. The molecule has 0 saturated heterocycles. The average Bonchev–Trinajstić information content (AvgIpc) is 2.04. The highest BCUT2D eigenvalue weighted by molar-refractivity contribution is 9.10. The van der Waals surface area contributed by atoms with Gasteiger partial charge in [-0.1, -0.05) is 21.1 Å². The van der Waals surface area contributed by atoms with Gasteiger partial charge in [-0.05, 0) is 25.1 Å². The molecule has 0 atom stereocenters. The summed E-state index contributed by atoms with van der Waals surface area (Å²) in [6.07, 6.45) is 0. The minimum Gasteiger partial charge on any atom is -0.399 e. The molecule has 1 aromatic carbocycles. The molecule has 0 spiro atoms. The number of hydrogen-bond acceptors (Lipinski definition) is 2. The van der Waals surface area contributed by atoms with Crippen LogP contribution in [0, 0.1) is 5.82 Å². The largest absolute Gasteiger partial charge is 0.399 e. The standard InChI is InChI=1S/C9H9BrFNO/c1-6(12-13-2)8-4-3-7(11)5-9(8)10/h3-5H,1-2H3/b12-6+. The van der Waals surface area contributed by atoms with E-state index in [9.17, 15) is 4.39 Å². The maximum absolute atomic E-state index is 12.7. The molecule has 0 amide bonds. The lowest BCUT2D eigenvalue weighted by Gasteiger charge is -2.02. The maximum Gasteiger partial charge on any atom is 0.124 e. The molecule has 0 saturated carbocycles. The van der Waals surface area contributed by atoms with Gasteiger partial charge in [0.2, 0.25) is 0 Å². The molecule has 0 unspecified atom stereocenters. The topological polar surface area (TPSA) is 21.6 Å². The van der Waals surface area contributed by atoms with Gasteiger partial charge in [0.1, 0.15) is 12.9 Å². The molecular weight excluding hydrogens is 237 g/mol. The van der Waals surface area contributed by atoms with Crippen molar-refractivity contribution in [3.8, 4) is 0 Å². The SMILES string of the molecule is CO/N=C(\C)c1ccc(F)cc1Br. The number of halogens is 2. The molecule has 1 aromatic rings. The van der Waals surface area contributed by atoms with Crippen molar-refractivity contribution in [1.29, 1.82) is 0 Å². The average molecular weight is 246 g/mol. The van der Waals surface area contributed by atoms with Crippen molar-refractivity contribution in [2.75, 3.05) is 7.11 Å². The molecule has 0 heterocycles. The zero-order chi connectivity index (χ0) is 9.84. The fourth-order valence-corrected chi connectivity index (χ4v) is 1.61. The third-order valence-electron chi connectivity index (χ3n) is 1.55. The van der Waals surface area contributed by atoms with Gasteiger partial charge in [-0.25, -0.2) is 4.39 Å². The van der Waals surface area contributed by atoms with Crippen LogP contribution in [0.2, 0.25) is 0 Å². The normalized spacial score (nSPS) is 11.5. The Balaban J connectivity index is 3.09. The molecule has 0 N–H and O–H groups in total. The van der Waals surface area contributed by atoms with Gasteiger partial charge in [0, 0.05) is 10.0 Å². The van der Waals surface area contributed by atoms with Gasteiger partial charge in [-0.3, -0.25) is 0 Å². The molecule has 70 valence electrons. The van der Waals surface area contributed by atoms with Gasteiger partial charge >= 0.3 is 0 Å². The number of rotatable bonds is 2. The second-order valence-electron chi connectivity index (χ2n) is 2.48. The number of benzene rings is 1. The monoisotopic (exact) mass is 245 g/mol. The van der Waals surface area contributed by atoms with Crippen LogP contribution in [0.1, 0.15) is 12.5 Å². The Bertz CT molecular complexity index is 338. The smallest absolute Gasteiger partial charge is 0.124 e. The number of oxime groups is 1. The van der Waals surface area contributed by atoms with E-state index in [-0.39, 0.29) is 5.82 Å². The summed E-state index contributed by atoms with van der Waals surface area (Å²) in [5, 5.41) is 3.75. The Morgan fingerprint density at radius 2 is 2.23 bits per heavy atom. The van der Waals surface area contributed by atoms with Gasteiger partial charge in [0.05, 0.1) is 5.71 Å². The van der Waals surface area contributed by atoms with E-state index >= 15 is 0 Å². The van der Waals surface area contributed by atoms with Crippen LogP contribution in [0.25, 0.3) is 0 Å². The van der Waals surface area contributed by atoms with E-state index in [1.165, 1.54) is 19.2 Å². The number of nitrogens with zero attached hydrogens (tertiary/aromatic N) is 1. The lowest BCUT2D eigenvalue weighted by Crippen LogP contribution is -1.97. The molecule has 0 aliphatic carbocycles. The zero-order valence-electron chi connectivity index (χ0n) is 7.34. The van der Waals surface area contributed by atoms with Crippen molar-refractivity contribution >= 4 is 21.6 Å². The Labute approximate surface area is 84.5 Å². The summed E-state index contributed by atoms with van der Waals surface area (Å²) in [4.78, 5) is 4.62. The molecular formula is C9H9BrFNO. The summed E-state index contributed by atoms with van der Waals surface area (Å²) in [5.41, 5.74) is 1.53. The molecule has 2 nitrogen and oxygen atoms in total. The minimum atomic E-state index is -0.277. The predicted molar refractivity (Wildman–Crippen MR) is 53.3 cm³/mol. The van der Waals surface area contributed by atoms with Crippen LogP contribution in [-0.4, -0.2) is 12.8 Å². The van der Waals surface area contributed by atoms with Crippen LogP contribution in [0.4, 0.5) is 4.39 Å². The number of hydrogen-bond donors (Lipinski definition) is 0. The second kappa shape index (κ2) is 4.37. The molecule has 4 heteroatoms. The van der Waals surface area contributed by atoms with Gasteiger partial charge in [-0.2, -0.15) is 0 Å². The first-order valence-electron chi connectivity index (χ1n) is 3.68. The summed E-state index contributed by atoms with van der Waals surface area (Å²) in [6.45, 7) is 1.79. The van der Waals surface area contributed by atoms with Crippen molar-refractivity contribution in [2.24, 2.45) is 5.16 Å². The Morgan fingerprint density at radius 1 is 1.54 bits per heavy atom. The van der Waals surface area contributed by atoms with Gasteiger partial charge in [0.15, 0.2) is 0 Å². The van der Waals surface area contributed by atoms with Crippen LogP contribution >= 0.6 is 15.9 Å². The third-order valence-corrected chi connectivity index (χ3v) is 2.21. The lowest BCUT2D eigenvalue weighted by molar-refractivity contribution is 0.213. The van der Waals surface area contributed by atoms with Gasteiger partial charge < -0.3 is 4.84 Å². The van der Waals surface area contributed by atoms with E-state index in [2.05, 4.69) is 25.9 Å². The molecule has 0 bridgehead atoms. The molecule has 0 aromatic heterocycles. The van der Waals surface area contributed by atoms with Crippen molar-refractivity contribution in [3.63, 3.8) is 0 Å². The molecule has 0 fully saturated rings. The highest BCUT2D eigenvalue weighted by Gasteiger charge is 2.04. The first kappa shape index (κ1) is 10.2. The van der Waals surface area contributed by atoms with Crippen LogP contribution in [-0.2, 0) is 4.84 Å². The van der Waals surface area contributed by atoms with Crippen molar-refractivity contribution in [2.45, 2.75) is 6.92 Å². The van der Waals surface area contributed by atoms with Crippen molar-refractivity contribution < 1.29 is 9.23 Å². The van der Waals surface area contributed by atoms with Crippen LogP contribution in [0.3, 0.4) is 0 Å². The highest BCUT2D eigenvalue weighted by atomic mass is 79.9. The first-order chi connectivity index (χ1) is 6.15. The Kier molecular flexibility index (Phi) is 3.42. The molecule has 1 rings (SSSR count). The van der Waals surface area contributed by atoms with Crippen LogP contribution < -0.4 is 0 Å². The van der Waals surface area contributed by atoms with Crippen molar-refractivity contribution in [3.05, 3.63) is 34.1 Å². The molecule has 0 aliphatic rings. The fraction of sp³-hybridized carbons (Fsp3) is 0.222. The predicted octanol–water partition coefficient (Wildman–Crippen LogP) is 2.96. The highest BCUT2D eigenvalue weighted by Crippen LogP contribution is 2.18. The first-order valence-corrected chi connectivity index (χ1v) is 4.47. The summed E-state index contributed by atoms with van der Waals surface area (Å²) in [6, 6.07) is 4.43.